The first kappa shape index (κ1) is 21.2. The van der Waals surface area contributed by atoms with Gasteiger partial charge in [0.25, 0.3) is 0 Å². The maximum atomic E-state index is 9.10. The Kier molecular flexibility index (Phi) is 7.33. The van der Waals surface area contributed by atoms with Crippen molar-refractivity contribution in [3.05, 3.63) is 18.3 Å². The second-order valence-electron chi connectivity index (χ2n) is 6.12. The van der Waals surface area contributed by atoms with Crippen LogP contribution in [0.5, 0.6) is 11.5 Å². The van der Waals surface area contributed by atoms with Crippen LogP contribution in [0.1, 0.15) is 12.8 Å². The lowest BCUT2D eigenvalue weighted by Gasteiger charge is -2.32. The van der Waals surface area contributed by atoms with Gasteiger partial charge in [-0.25, -0.2) is 9.59 Å². The van der Waals surface area contributed by atoms with Gasteiger partial charge in [0, 0.05) is 29.9 Å². The van der Waals surface area contributed by atoms with Gasteiger partial charge in [-0.1, -0.05) is 0 Å². The molecule has 0 aliphatic carbocycles. The number of nitrogens with zero attached hydrogens (tertiary/aromatic N) is 3. The van der Waals surface area contributed by atoms with E-state index in [2.05, 4.69) is 20.4 Å². The second-order valence-corrected chi connectivity index (χ2v) is 6.12. The molecular formula is C18H24N4O6. The van der Waals surface area contributed by atoms with Gasteiger partial charge in [0.05, 0.1) is 20.4 Å². The minimum Gasteiger partial charge on any atom is -0.493 e. The van der Waals surface area contributed by atoms with Crippen LogP contribution < -0.4 is 19.7 Å². The fourth-order valence-corrected chi connectivity index (χ4v) is 3.01. The van der Waals surface area contributed by atoms with E-state index in [0.29, 0.717) is 11.8 Å². The van der Waals surface area contributed by atoms with Crippen molar-refractivity contribution in [2.45, 2.75) is 18.9 Å². The van der Waals surface area contributed by atoms with Crippen LogP contribution in [0.3, 0.4) is 0 Å². The van der Waals surface area contributed by atoms with Gasteiger partial charge in [-0.05, 0) is 32.0 Å². The second kappa shape index (κ2) is 9.70. The molecule has 0 bridgehead atoms. The van der Waals surface area contributed by atoms with Crippen LogP contribution in [-0.2, 0) is 9.59 Å². The Morgan fingerprint density at radius 3 is 2.18 bits per heavy atom. The quantitative estimate of drug-likeness (QED) is 0.647. The number of rotatable bonds is 4. The van der Waals surface area contributed by atoms with Gasteiger partial charge in [0.15, 0.2) is 17.3 Å². The zero-order chi connectivity index (χ0) is 20.7. The first-order valence-corrected chi connectivity index (χ1v) is 8.67. The molecule has 3 rings (SSSR count). The molecule has 10 nitrogen and oxygen atoms in total. The number of carboxylic acids is 2. The summed E-state index contributed by atoms with van der Waals surface area (Å²) in [5, 5.41) is 28.7. The van der Waals surface area contributed by atoms with Crippen LogP contribution in [0, 0.1) is 0 Å². The van der Waals surface area contributed by atoms with Crippen LogP contribution in [0.4, 0.5) is 5.82 Å². The summed E-state index contributed by atoms with van der Waals surface area (Å²) in [6.07, 6.45) is 3.99. The van der Waals surface area contributed by atoms with Gasteiger partial charge < -0.3 is 29.9 Å². The van der Waals surface area contributed by atoms with Crippen LogP contribution in [0.15, 0.2) is 18.3 Å². The number of ether oxygens (including phenoxy) is 2. The van der Waals surface area contributed by atoms with Crippen molar-refractivity contribution in [3.8, 4) is 11.5 Å². The first-order valence-electron chi connectivity index (χ1n) is 8.67. The third kappa shape index (κ3) is 4.97. The summed E-state index contributed by atoms with van der Waals surface area (Å²) in [5.41, 5.74) is 0. The Morgan fingerprint density at radius 2 is 1.68 bits per heavy atom. The van der Waals surface area contributed by atoms with Crippen molar-refractivity contribution in [1.82, 2.24) is 15.5 Å². The van der Waals surface area contributed by atoms with Gasteiger partial charge in [-0.3, -0.25) is 0 Å². The van der Waals surface area contributed by atoms with E-state index in [9.17, 15) is 0 Å². The maximum absolute atomic E-state index is 9.10. The number of aromatic nitrogens is 2. The van der Waals surface area contributed by atoms with Crippen LogP contribution in [0.2, 0.25) is 0 Å². The van der Waals surface area contributed by atoms with Crippen molar-refractivity contribution in [2.24, 2.45) is 0 Å². The molecule has 10 heteroatoms. The highest BCUT2D eigenvalue weighted by atomic mass is 16.5. The number of carbonyl (C=O) groups is 2. The van der Waals surface area contributed by atoms with Crippen molar-refractivity contribution in [2.75, 3.05) is 39.3 Å². The van der Waals surface area contributed by atoms with Crippen LogP contribution in [-0.4, -0.2) is 72.7 Å². The molecule has 1 saturated heterocycles. The Bertz CT molecular complexity index is 824. The molecule has 1 fully saturated rings. The third-order valence-corrected chi connectivity index (χ3v) is 4.53. The van der Waals surface area contributed by atoms with Crippen molar-refractivity contribution in [3.63, 3.8) is 0 Å². The summed E-state index contributed by atoms with van der Waals surface area (Å²) in [5.74, 6) is -1.30. The number of benzene rings is 1. The minimum atomic E-state index is -1.82. The zero-order valence-electron chi connectivity index (χ0n) is 16.0. The van der Waals surface area contributed by atoms with E-state index in [1.165, 1.54) is 0 Å². The van der Waals surface area contributed by atoms with E-state index in [1.807, 2.05) is 19.2 Å². The molecule has 2 aromatic rings. The molecule has 152 valence electrons. The van der Waals surface area contributed by atoms with E-state index in [0.717, 1.165) is 48.3 Å². The Balaban J connectivity index is 0.000000409. The maximum Gasteiger partial charge on any atom is 0.414 e. The summed E-state index contributed by atoms with van der Waals surface area (Å²) in [4.78, 5) is 20.5. The number of aliphatic carboxylic acids is 2. The Morgan fingerprint density at radius 1 is 1.11 bits per heavy atom. The lowest BCUT2D eigenvalue weighted by atomic mass is 10.0. The largest absolute Gasteiger partial charge is 0.493 e. The van der Waals surface area contributed by atoms with Gasteiger partial charge in [0.1, 0.15) is 0 Å². The highest BCUT2D eigenvalue weighted by molar-refractivity contribution is 6.27. The summed E-state index contributed by atoms with van der Waals surface area (Å²) in [7, 11) is 5.31. The molecule has 0 spiro atoms. The summed E-state index contributed by atoms with van der Waals surface area (Å²) in [6.45, 7) is 1.96. The Labute approximate surface area is 162 Å². The first-order chi connectivity index (χ1) is 13.4. The molecule has 1 aromatic carbocycles. The standard InChI is InChI=1S/C16H22N4O2.C2H2O4/c1-17-12-4-6-20(7-5-12)16-13-9-15(22-3)14(21-2)8-11(13)10-18-19-16;3-1(4)2(5)6/h8-10,12,17H,4-7H2,1-3H3;(H,3,4)(H,5,6). The average Bonchev–Trinajstić information content (AvgIpc) is 2.72. The molecule has 1 aliphatic heterocycles. The van der Waals surface area contributed by atoms with Crippen LogP contribution in [0.25, 0.3) is 10.8 Å². The number of fused-ring (bicyclic) bond motifs is 1. The monoisotopic (exact) mass is 392 g/mol. The number of piperidine rings is 1. The third-order valence-electron chi connectivity index (χ3n) is 4.53. The molecule has 0 radical (unpaired) electrons. The highest BCUT2D eigenvalue weighted by Crippen LogP contribution is 2.35. The molecule has 0 atom stereocenters. The van der Waals surface area contributed by atoms with E-state index in [1.54, 1.807) is 20.4 Å². The molecule has 2 heterocycles. The minimum absolute atomic E-state index is 0.591. The predicted octanol–water partition coefficient (Wildman–Crippen LogP) is 0.991. The number of anilines is 1. The van der Waals surface area contributed by atoms with Gasteiger partial charge in [0.2, 0.25) is 0 Å². The molecule has 1 aromatic heterocycles. The van der Waals surface area contributed by atoms with Crippen molar-refractivity contribution in [1.29, 1.82) is 0 Å². The van der Waals surface area contributed by atoms with Gasteiger partial charge in [-0.15, -0.1) is 5.10 Å². The average molecular weight is 392 g/mol. The summed E-state index contributed by atoms with van der Waals surface area (Å²) in [6, 6.07) is 4.53. The summed E-state index contributed by atoms with van der Waals surface area (Å²) < 4.78 is 10.8. The SMILES string of the molecule is CNC1CCN(c2nncc3cc(OC)c(OC)cc23)CC1.O=C(O)C(=O)O. The van der Waals surface area contributed by atoms with E-state index < -0.39 is 11.9 Å². The predicted molar refractivity (Wildman–Crippen MR) is 102 cm³/mol. The van der Waals surface area contributed by atoms with E-state index >= 15 is 0 Å². The van der Waals surface area contributed by atoms with E-state index in [-0.39, 0.29) is 0 Å². The molecular weight excluding hydrogens is 368 g/mol. The highest BCUT2D eigenvalue weighted by Gasteiger charge is 2.21. The van der Waals surface area contributed by atoms with Crippen molar-refractivity contribution >= 4 is 28.5 Å². The molecule has 3 N–H and O–H groups in total. The van der Waals surface area contributed by atoms with Crippen LogP contribution >= 0.6 is 0 Å². The Hall–Kier alpha value is -3.14. The van der Waals surface area contributed by atoms with Gasteiger partial charge >= 0.3 is 11.9 Å². The zero-order valence-corrected chi connectivity index (χ0v) is 16.0. The normalized spacial score (nSPS) is 14.2. The smallest absolute Gasteiger partial charge is 0.414 e. The molecule has 0 unspecified atom stereocenters. The lowest BCUT2D eigenvalue weighted by molar-refractivity contribution is -0.159. The fraction of sp³-hybridized carbons (Fsp3) is 0.444. The van der Waals surface area contributed by atoms with Gasteiger partial charge in [-0.2, -0.15) is 5.10 Å². The lowest BCUT2D eigenvalue weighted by Crippen LogP contribution is -2.41. The fourth-order valence-electron chi connectivity index (χ4n) is 3.01. The number of nitrogens with one attached hydrogen (secondary N) is 1. The molecule has 28 heavy (non-hydrogen) atoms. The topological polar surface area (TPSA) is 134 Å². The molecule has 1 aliphatic rings. The number of carboxylic acid groups (broad SMARTS) is 2. The van der Waals surface area contributed by atoms with E-state index in [4.69, 9.17) is 29.3 Å². The molecule has 0 saturated carbocycles. The number of hydrogen-bond acceptors (Lipinski definition) is 8. The molecule has 0 amide bonds. The van der Waals surface area contributed by atoms with Crippen molar-refractivity contribution < 1.29 is 29.3 Å². The number of hydrogen-bond donors (Lipinski definition) is 3. The number of methoxy groups -OCH3 is 2. The summed E-state index contributed by atoms with van der Waals surface area (Å²) >= 11 is 0.